The average molecular weight is 657 g/mol. The van der Waals surface area contributed by atoms with Crippen molar-refractivity contribution < 1.29 is 33.3 Å². The first-order valence-corrected chi connectivity index (χ1v) is 15.7. The fourth-order valence-corrected chi connectivity index (χ4v) is 7.65. The number of morpholine rings is 1. The lowest BCUT2D eigenvalue weighted by atomic mass is 9.96. The van der Waals surface area contributed by atoms with Crippen LogP contribution in [0.1, 0.15) is 39.1 Å². The summed E-state index contributed by atoms with van der Waals surface area (Å²) in [5, 5.41) is 10.5. The van der Waals surface area contributed by atoms with E-state index in [0.717, 1.165) is 37.7 Å². The van der Waals surface area contributed by atoms with Gasteiger partial charge in [-0.1, -0.05) is 41.4 Å². The Kier molecular flexibility index (Phi) is 8.02. The third-order valence-corrected chi connectivity index (χ3v) is 9.80. The summed E-state index contributed by atoms with van der Waals surface area (Å²) in [5.74, 6) is -1.35. The molecule has 45 heavy (non-hydrogen) atoms. The van der Waals surface area contributed by atoms with E-state index < -0.39 is 11.8 Å². The monoisotopic (exact) mass is 655 g/mol. The molecule has 1 amide bonds. The molecule has 9 nitrogen and oxygen atoms in total. The molecule has 3 aromatic carbocycles. The number of methoxy groups -OCH3 is 1. The SMILES string of the molecule is COCC1CN(c2cc(Cl)c(C(=O)N3COc4c(cccc4-c4cc(N5C6CCC5COC6)c(C(=O)O)cc4F)C3)c(Cl)c2)C1. The summed E-state index contributed by atoms with van der Waals surface area (Å²) < 4.78 is 32.7. The van der Waals surface area contributed by atoms with E-state index in [1.165, 1.54) is 4.90 Å². The number of benzene rings is 3. The van der Waals surface area contributed by atoms with Crippen LogP contribution in [0.15, 0.2) is 42.5 Å². The van der Waals surface area contributed by atoms with E-state index in [9.17, 15) is 14.7 Å². The fourth-order valence-electron chi connectivity index (χ4n) is 7.02. The molecule has 0 aliphatic carbocycles. The van der Waals surface area contributed by atoms with E-state index in [2.05, 4.69) is 9.80 Å². The number of carbonyl (C=O) groups is 2. The summed E-state index contributed by atoms with van der Waals surface area (Å²) in [6.45, 7) is 3.42. The molecule has 2 bridgehead atoms. The normalized spacial score (nSPS) is 20.9. The summed E-state index contributed by atoms with van der Waals surface area (Å²) in [6.07, 6.45) is 1.77. The zero-order valence-electron chi connectivity index (χ0n) is 24.6. The third kappa shape index (κ3) is 5.37. The number of hydrogen-bond donors (Lipinski definition) is 1. The third-order valence-electron chi connectivity index (χ3n) is 9.20. The van der Waals surface area contributed by atoms with Gasteiger partial charge in [-0.2, -0.15) is 0 Å². The van der Waals surface area contributed by atoms with E-state index in [-0.39, 0.29) is 58.0 Å². The molecule has 4 aliphatic rings. The molecule has 2 atom stereocenters. The number of nitrogens with zero attached hydrogens (tertiary/aromatic N) is 3. The summed E-state index contributed by atoms with van der Waals surface area (Å²) >= 11 is 13.2. The number of ether oxygens (including phenoxy) is 3. The van der Waals surface area contributed by atoms with Crippen molar-refractivity contribution in [1.29, 1.82) is 0 Å². The zero-order chi connectivity index (χ0) is 31.4. The van der Waals surface area contributed by atoms with Crippen LogP contribution in [0.2, 0.25) is 10.0 Å². The van der Waals surface area contributed by atoms with Crippen LogP contribution in [-0.2, 0) is 16.0 Å². The highest BCUT2D eigenvalue weighted by molar-refractivity contribution is 6.40. The molecule has 0 radical (unpaired) electrons. The molecule has 4 heterocycles. The first-order chi connectivity index (χ1) is 21.7. The van der Waals surface area contributed by atoms with Gasteiger partial charge in [0.1, 0.15) is 11.6 Å². The number of anilines is 2. The molecule has 2 unspecified atom stereocenters. The molecule has 0 saturated carbocycles. The molecular formula is C33H32Cl2FN3O6. The lowest BCUT2D eigenvalue weighted by Crippen LogP contribution is -2.48. The minimum absolute atomic E-state index is 0.0341. The van der Waals surface area contributed by atoms with Crippen LogP contribution in [-0.4, -0.2) is 80.7 Å². The Morgan fingerprint density at radius 1 is 1.04 bits per heavy atom. The van der Waals surface area contributed by atoms with Crippen LogP contribution in [0.3, 0.4) is 0 Å². The van der Waals surface area contributed by atoms with Gasteiger partial charge in [-0.15, -0.1) is 0 Å². The minimum atomic E-state index is -1.19. The molecule has 4 aliphatic heterocycles. The largest absolute Gasteiger partial charge is 0.478 e. The number of aromatic carboxylic acids is 1. The smallest absolute Gasteiger partial charge is 0.337 e. The van der Waals surface area contributed by atoms with Crippen molar-refractivity contribution >= 4 is 46.5 Å². The highest BCUT2D eigenvalue weighted by Gasteiger charge is 2.40. The van der Waals surface area contributed by atoms with Gasteiger partial charge in [-0.05, 0) is 37.1 Å². The molecule has 3 fully saturated rings. The van der Waals surface area contributed by atoms with Crippen molar-refractivity contribution in [1.82, 2.24) is 4.90 Å². The van der Waals surface area contributed by atoms with Gasteiger partial charge >= 0.3 is 5.97 Å². The Morgan fingerprint density at radius 2 is 1.76 bits per heavy atom. The van der Waals surface area contributed by atoms with Gasteiger partial charge in [-0.3, -0.25) is 4.79 Å². The van der Waals surface area contributed by atoms with Gasteiger partial charge in [0.15, 0.2) is 6.73 Å². The van der Waals surface area contributed by atoms with Gasteiger partial charge in [0.2, 0.25) is 0 Å². The first-order valence-electron chi connectivity index (χ1n) is 14.9. The molecule has 0 spiro atoms. The lowest BCUT2D eigenvalue weighted by Gasteiger charge is -2.41. The molecule has 3 aromatic rings. The minimum Gasteiger partial charge on any atom is -0.478 e. The first kappa shape index (κ1) is 30.1. The van der Waals surface area contributed by atoms with Crippen LogP contribution in [0.4, 0.5) is 15.8 Å². The van der Waals surface area contributed by atoms with Gasteiger partial charge in [0, 0.05) is 48.5 Å². The number of amides is 1. The second kappa shape index (κ2) is 12.0. The number of halogens is 3. The summed E-state index contributed by atoms with van der Waals surface area (Å²) in [4.78, 5) is 31.6. The van der Waals surface area contributed by atoms with Gasteiger partial charge in [-0.25, -0.2) is 9.18 Å². The van der Waals surface area contributed by atoms with Crippen LogP contribution < -0.4 is 14.5 Å². The zero-order valence-corrected chi connectivity index (χ0v) is 26.1. The summed E-state index contributed by atoms with van der Waals surface area (Å²) in [7, 11) is 1.68. The molecule has 12 heteroatoms. The predicted molar refractivity (Wildman–Crippen MR) is 168 cm³/mol. The standard InChI is InChI=1S/C33H32Cl2FN3O6/c1-43-14-18-11-37(12-18)22-7-26(34)30(27(35)8-22)32(40)38-13-19-3-2-4-23(31(19)45-17-38)24-10-29(25(33(41)42)9-28(24)36)39-20-5-6-21(39)16-44-15-20/h2-4,7-10,18,20-21H,5-6,11-17H2,1H3,(H,41,42). The highest BCUT2D eigenvalue weighted by atomic mass is 35.5. The van der Waals surface area contributed by atoms with Crippen LogP contribution >= 0.6 is 23.2 Å². The van der Waals surface area contributed by atoms with Crippen LogP contribution in [0.5, 0.6) is 5.75 Å². The molecule has 7 rings (SSSR count). The van der Waals surface area contributed by atoms with Gasteiger partial charge in [0.05, 0.1) is 65.3 Å². The van der Waals surface area contributed by atoms with Crippen molar-refractivity contribution in [2.45, 2.75) is 31.5 Å². The predicted octanol–water partition coefficient (Wildman–Crippen LogP) is 5.94. The Bertz CT molecular complexity index is 1640. The van der Waals surface area contributed by atoms with E-state index in [0.29, 0.717) is 48.3 Å². The highest BCUT2D eigenvalue weighted by Crippen LogP contribution is 2.43. The molecular weight excluding hydrogens is 624 g/mol. The van der Waals surface area contributed by atoms with Crippen molar-refractivity contribution in [3.63, 3.8) is 0 Å². The molecule has 1 N–H and O–H groups in total. The number of para-hydroxylation sites is 1. The second-order valence-corrected chi connectivity index (χ2v) is 12.9. The number of fused-ring (bicyclic) bond motifs is 3. The van der Waals surface area contributed by atoms with E-state index in [1.54, 1.807) is 37.4 Å². The number of carboxylic acid groups (broad SMARTS) is 1. The Balaban J connectivity index is 1.16. The number of carbonyl (C=O) groups excluding carboxylic acids is 1. The molecule has 3 saturated heterocycles. The maximum atomic E-state index is 15.7. The topological polar surface area (TPSA) is 91.8 Å². The maximum absolute atomic E-state index is 15.7. The molecule has 0 aromatic heterocycles. The van der Waals surface area contributed by atoms with E-state index >= 15 is 4.39 Å². The Labute approximate surface area is 270 Å². The van der Waals surface area contributed by atoms with Crippen molar-refractivity contribution in [3.8, 4) is 16.9 Å². The summed E-state index contributed by atoms with van der Waals surface area (Å²) in [5.41, 5.74) is 2.82. The summed E-state index contributed by atoms with van der Waals surface area (Å²) in [6, 6.07) is 11.6. The van der Waals surface area contributed by atoms with Crippen LogP contribution in [0.25, 0.3) is 11.1 Å². The fraction of sp³-hybridized carbons (Fsp3) is 0.394. The Morgan fingerprint density at radius 3 is 2.42 bits per heavy atom. The number of carboxylic acids is 1. The van der Waals surface area contributed by atoms with Crippen molar-refractivity contribution in [3.05, 3.63) is 75.0 Å². The number of hydrogen-bond acceptors (Lipinski definition) is 7. The van der Waals surface area contributed by atoms with Crippen molar-refractivity contribution in [2.75, 3.05) is 56.6 Å². The van der Waals surface area contributed by atoms with E-state index in [4.69, 9.17) is 37.4 Å². The molecule has 236 valence electrons. The second-order valence-electron chi connectivity index (χ2n) is 12.1. The Hall–Kier alpha value is -3.57. The van der Waals surface area contributed by atoms with E-state index in [1.807, 2.05) is 6.07 Å². The van der Waals surface area contributed by atoms with Gasteiger partial charge in [0.25, 0.3) is 5.91 Å². The average Bonchev–Trinajstić information content (AvgIpc) is 3.24. The number of rotatable bonds is 7. The van der Waals surface area contributed by atoms with Gasteiger partial charge < -0.3 is 34.0 Å². The lowest BCUT2D eigenvalue weighted by molar-refractivity contribution is 0.0516. The quantitative estimate of drug-likeness (QED) is 0.334. The van der Waals surface area contributed by atoms with Crippen LogP contribution in [0, 0.1) is 11.7 Å². The van der Waals surface area contributed by atoms with Crippen molar-refractivity contribution in [2.24, 2.45) is 5.92 Å². The maximum Gasteiger partial charge on any atom is 0.337 e.